The third kappa shape index (κ3) is 0.922. The van der Waals surface area contributed by atoms with Gasteiger partial charge in [0.25, 0.3) is 0 Å². The predicted octanol–water partition coefficient (Wildman–Crippen LogP) is 1.08. The highest BCUT2D eigenvalue weighted by Gasteiger charge is 1.99. The maximum Gasteiger partial charge on any atom is 0.160 e. The standard InChI is InChI=1S/C8H10N4/c1-6-10-11-8-4-3-7(9-2)5-12(6)8/h3-5,9H,1-2H3. The van der Waals surface area contributed by atoms with Gasteiger partial charge in [0.05, 0.1) is 5.69 Å². The van der Waals surface area contributed by atoms with Crippen molar-refractivity contribution in [2.45, 2.75) is 6.92 Å². The lowest BCUT2D eigenvalue weighted by molar-refractivity contribution is 1.01. The Hall–Kier alpha value is -1.58. The monoisotopic (exact) mass is 162 g/mol. The van der Waals surface area contributed by atoms with E-state index in [1.165, 1.54) is 0 Å². The summed E-state index contributed by atoms with van der Waals surface area (Å²) in [6, 6.07) is 3.91. The molecule has 0 bridgehead atoms. The van der Waals surface area contributed by atoms with E-state index in [4.69, 9.17) is 0 Å². The molecule has 12 heavy (non-hydrogen) atoms. The summed E-state index contributed by atoms with van der Waals surface area (Å²) in [7, 11) is 1.89. The summed E-state index contributed by atoms with van der Waals surface area (Å²) in [5.41, 5.74) is 1.94. The highest BCUT2D eigenvalue weighted by atomic mass is 15.2. The number of nitrogens with one attached hydrogen (secondary N) is 1. The van der Waals surface area contributed by atoms with Crippen LogP contribution in [0.5, 0.6) is 0 Å². The number of nitrogens with zero attached hydrogens (tertiary/aromatic N) is 3. The molecule has 0 spiro atoms. The molecule has 0 aliphatic carbocycles. The molecule has 0 atom stereocenters. The van der Waals surface area contributed by atoms with Crippen molar-refractivity contribution in [3.8, 4) is 0 Å². The van der Waals surface area contributed by atoms with Crippen LogP contribution in [0.1, 0.15) is 5.82 Å². The molecule has 2 rings (SSSR count). The molecule has 0 aliphatic rings. The molecule has 2 heterocycles. The van der Waals surface area contributed by atoms with Crippen molar-refractivity contribution < 1.29 is 0 Å². The Morgan fingerprint density at radius 3 is 2.92 bits per heavy atom. The fraction of sp³-hybridized carbons (Fsp3) is 0.250. The minimum Gasteiger partial charge on any atom is -0.387 e. The van der Waals surface area contributed by atoms with Crippen molar-refractivity contribution in [2.24, 2.45) is 0 Å². The van der Waals surface area contributed by atoms with Gasteiger partial charge in [-0.05, 0) is 19.1 Å². The largest absolute Gasteiger partial charge is 0.387 e. The van der Waals surface area contributed by atoms with Gasteiger partial charge in [-0.2, -0.15) is 0 Å². The van der Waals surface area contributed by atoms with Gasteiger partial charge in [0.2, 0.25) is 0 Å². The van der Waals surface area contributed by atoms with Gasteiger partial charge in [-0.15, -0.1) is 10.2 Å². The Kier molecular flexibility index (Phi) is 1.46. The number of fused-ring (bicyclic) bond motifs is 1. The van der Waals surface area contributed by atoms with Crippen molar-refractivity contribution in [3.05, 3.63) is 24.2 Å². The molecule has 1 N–H and O–H groups in total. The van der Waals surface area contributed by atoms with Gasteiger partial charge >= 0.3 is 0 Å². The molecule has 0 aromatic carbocycles. The van der Waals surface area contributed by atoms with Gasteiger partial charge in [0, 0.05) is 13.2 Å². The van der Waals surface area contributed by atoms with Crippen LogP contribution in [0.15, 0.2) is 18.3 Å². The Morgan fingerprint density at radius 1 is 1.33 bits per heavy atom. The molecule has 4 nitrogen and oxygen atoms in total. The summed E-state index contributed by atoms with van der Waals surface area (Å²) in [6.45, 7) is 1.93. The first-order valence-corrected chi connectivity index (χ1v) is 3.80. The molecular weight excluding hydrogens is 152 g/mol. The van der Waals surface area contributed by atoms with Crippen LogP contribution in [0.3, 0.4) is 0 Å². The van der Waals surface area contributed by atoms with Gasteiger partial charge in [-0.1, -0.05) is 0 Å². The molecule has 0 saturated heterocycles. The van der Waals surface area contributed by atoms with Crippen LogP contribution in [0.2, 0.25) is 0 Å². The van der Waals surface area contributed by atoms with Crippen LogP contribution in [0.25, 0.3) is 5.65 Å². The number of rotatable bonds is 1. The van der Waals surface area contributed by atoms with E-state index in [1.54, 1.807) is 0 Å². The molecule has 0 fully saturated rings. The number of anilines is 1. The SMILES string of the molecule is CNc1ccc2nnc(C)n2c1. The molecule has 62 valence electrons. The average molecular weight is 162 g/mol. The summed E-state index contributed by atoms with van der Waals surface area (Å²) < 4.78 is 1.95. The summed E-state index contributed by atoms with van der Waals surface area (Å²) >= 11 is 0. The summed E-state index contributed by atoms with van der Waals surface area (Å²) in [5.74, 6) is 0.905. The molecule has 0 saturated carbocycles. The summed E-state index contributed by atoms with van der Waals surface area (Å²) in [6.07, 6.45) is 1.98. The fourth-order valence-corrected chi connectivity index (χ4v) is 1.15. The topological polar surface area (TPSA) is 42.2 Å². The first-order valence-electron chi connectivity index (χ1n) is 3.80. The van der Waals surface area contributed by atoms with E-state index in [0.29, 0.717) is 0 Å². The van der Waals surface area contributed by atoms with Crippen molar-refractivity contribution in [2.75, 3.05) is 12.4 Å². The molecular formula is C8H10N4. The second kappa shape index (κ2) is 2.48. The predicted molar refractivity (Wildman–Crippen MR) is 47.3 cm³/mol. The first-order chi connectivity index (χ1) is 5.81. The van der Waals surface area contributed by atoms with Crippen molar-refractivity contribution in [3.63, 3.8) is 0 Å². The van der Waals surface area contributed by atoms with Crippen LogP contribution in [-0.2, 0) is 0 Å². The quantitative estimate of drug-likeness (QED) is 0.682. The van der Waals surface area contributed by atoms with Crippen LogP contribution < -0.4 is 5.32 Å². The highest BCUT2D eigenvalue weighted by Crippen LogP contribution is 2.09. The van der Waals surface area contributed by atoms with E-state index in [9.17, 15) is 0 Å². The lowest BCUT2D eigenvalue weighted by Gasteiger charge is -1.99. The van der Waals surface area contributed by atoms with E-state index >= 15 is 0 Å². The lowest BCUT2D eigenvalue weighted by Crippen LogP contribution is -1.92. The first kappa shape index (κ1) is 7.09. The van der Waals surface area contributed by atoms with Crippen molar-refractivity contribution in [1.82, 2.24) is 14.6 Å². The molecule has 0 unspecified atom stereocenters. The zero-order valence-corrected chi connectivity index (χ0v) is 7.07. The van der Waals surface area contributed by atoms with E-state index in [2.05, 4.69) is 15.5 Å². The van der Waals surface area contributed by atoms with Gasteiger partial charge < -0.3 is 5.32 Å². The minimum absolute atomic E-state index is 0.881. The fourth-order valence-electron chi connectivity index (χ4n) is 1.15. The Bertz CT molecular complexity index is 404. The Morgan fingerprint density at radius 2 is 2.17 bits per heavy atom. The third-order valence-corrected chi connectivity index (χ3v) is 1.86. The molecule has 4 heteroatoms. The summed E-state index contributed by atoms with van der Waals surface area (Å²) in [4.78, 5) is 0. The van der Waals surface area contributed by atoms with Crippen LogP contribution in [-0.4, -0.2) is 21.6 Å². The Labute approximate surface area is 70.2 Å². The maximum atomic E-state index is 3.98. The molecule has 0 radical (unpaired) electrons. The highest BCUT2D eigenvalue weighted by molar-refractivity contribution is 5.49. The molecule has 2 aromatic rings. The second-order valence-corrected chi connectivity index (χ2v) is 2.64. The summed E-state index contributed by atoms with van der Waals surface area (Å²) in [5, 5.41) is 11.0. The van der Waals surface area contributed by atoms with Crippen molar-refractivity contribution >= 4 is 11.3 Å². The number of aromatic nitrogens is 3. The van der Waals surface area contributed by atoms with Gasteiger partial charge in [0.1, 0.15) is 5.82 Å². The third-order valence-electron chi connectivity index (χ3n) is 1.86. The van der Waals surface area contributed by atoms with Gasteiger partial charge in [0.15, 0.2) is 5.65 Å². The average Bonchev–Trinajstić information content (AvgIpc) is 2.47. The van der Waals surface area contributed by atoms with Crippen LogP contribution >= 0.6 is 0 Å². The molecule has 0 amide bonds. The maximum absolute atomic E-state index is 3.98. The lowest BCUT2D eigenvalue weighted by atomic mass is 10.4. The minimum atomic E-state index is 0.881. The van der Waals surface area contributed by atoms with Crippen molar-refractivity contribution in [1.29, 1.82) is 0 Å². The van der Waals surface area contributed by atoms with E-state index in [-0.39, 0.29) is 0 Å². The Balaban J connectivity index is 2.71. The molecule has 0 aliphatic heterocycles. The zero-order chi connectivity index (χ0) is 8.55. The van der Waals surface area contributed by atoms with Crippen LogP contribution in [0, 0.1) is 6.92 Å². The van der Waals surface area contributed by atoms with Gasteiger partial charge in [-0.25, -0.2) is 0 Å². The normalized spacial score (nSPS) is 10.5. The molecule has 2 aromatic heterocycles. The number of pyridine rings is 1. The van der Waals surface area contributed by atoms with E-state index < -0.39 is 0 Å². The zero-order valence-electron chi connectivity index (χ0n) is 7.07. The number of aryl methyl sites for hydroxylation is 1. The van der Waals surface area contributed by atoms with Crippen LogP contribution in [0.4, 0.5) is 5.69 Å². The van der Waals surface area contributed by atoms with Gasteiger partial charge in [-0.3, -0.25) is 4.40 Å². The number of hydrogen-bond donors (Lipinski definition) is 1. The second-order valence-electron chi connectivity index (χ2n) is 2.64. The smallest absolute Gasteiger partial charge is 0.160 e. The van der Waals surface area contributed by atoms with E-state index in [1.807, 2.05) is 36.7 Å². The van der Waals surface area contributed by atoms with E-state index in [0.717, 1.165) is 17.2 Å². The number of hydrogen-bond acceptors (Lipinski definition) is 3.